The Balaban J connectivity index is 3.00. The first-order valence-electron chi connectivity index (χ1n) is 5.30. The second kappa shape index (κ2) is 6.88. The molecule has 0 aliphatic heterocycles. The van der Waals surface area contributed by atoms with Crippen molar-refractivity contribution in [1.82, 2.24) is 9.97 Å². The third-order valence-electron chi connectivity index (χ3n) is 2.07. The minimum absolute atomic E-state index is 0.00146. The average Bonchev–Trinajstić information content (AvgIpc) is 2.26. The molecule has 1 aromatic heterocycles. The van der Waals surface area contributed by atoms with Crippen molar-refractivity contribution in [3.8, 4) is 0 Å². The molecule has 0 fully saturated rings. The van der Waals surface area contributed by atoms with Crippen molar-refractivity contribution in [1.29, 1.82) is 0 Å². The molecule has 1 rings (SSSR count). The van der Waals surface area contributed by atoms with Crippen molar-refractivity contribution in [2.24, 2.45) is 0 Å². The highest BCUT2D eigenvalue weighted by Crippen LogP contribution is 2.22. The van der Waals surface area contributed by atoms with Crippen molar-refractivity contribution < 1.29 is 23.0 Å². The first-order chi connectivity index (χ1) is 8.85. The van der Waals surface area contributed by atoms with E-state index in [4.69, 9.17) is 21.4 Å². The predicted octanol–water partition coefficient (Wildman–Crippen LogP) is 1.64. The molecule has 108 valence electrons. The molecule has 1 aromatic rings. The molecule has 0 amide bonds. The van der Waals surface area contributed by atoms with E-state index in [1.54, 1.807) is 0 Å². The van der Waals surface area contributed by atoms with E-state index in [0.717, 1.165) is 4.90 Å². The number of anilines is 1. The lowest BCUT2D eigenvalue weighted by Crippen LogP contribution is -2.37. The number of aliphatic hydroxyl groups is 1. The first-order valence-corrected chi connectivity index (χ1v) is 5.68. The summed E-state index contributed by atoms with van der Waals surface area (Å²) in [6.45, 7) is -1.84. The lowest BCUT2D eigenvalue weighted by atomic mass is 10.4. The van der Waals surface area contributed by atoms with Crippen LogP contribution in [0.15, 0.2) is 6.07 Å². The van der Waals surface area contributed by atoms with Crippen LogP contribution in [0.4, 0.5) is 19.0 Å². The molecule has 0 radical (unpaired) electrons. The van der Waals surface area contributed by atoms with Crippen LogP contribution in [0.5, 0.6) is 0 Å². The van der Waals surface area contributed by atoms with E-state index >= 15 is 0 Å². The topological polar surface area (TPSA) is 58.5 Å². The van der Waals surface area contributed by atoms with Gasteiger partial charge in [-0.2, -0.15) is 13.2 Å². The van der Waals surface area contributed by atoms with E-state index in [-0.39, 0.29) is 29.9 Å². The van der Waals surface area contributed by atoms with Crippen LogP contribution in [0.1, 0.15) is 5.82 Å². The van der Waals surface area contributed by atoms with Crippen molar-refractivity contribution in [2.75, 3.05) is 31.7 Å². The van der Waals surface area contributed by atoms with E-state index < -0.39 is 19.3 Å². The molecule has 19 heavy (non-hydrogen) atoms. The Bertz CT molecular complexity index is 417. The third kappa shape index (κ3) is 5.58. The molecule has 0 aliphatic carbocycles. The number of hydrogen-bond acceptors (Lipinski definition) is 5. The molecule has 5 nitrogen and oxygen atoms in total. The number of aromatic nitrogens is 2. The average molecular weight is 300 g/mol. The number of alkyl halides is 3. The van der Waals surface area contributed by atoms with Crippen molar-refractivity contribution in [2.45, 2.75) is 12.8 Å². The Morgan fingerprint density at radius 1 is 1.42 bits per heavy atom. The Morgan fingerprint density at radius 3 is 2.63 bits per heavy atom. The Morgan fingerprint density at radius 2 is 2.11 bits per heavy atom. The zero-order valence-electron chi connectivity index (χ0n) is 10.1. The number of ether oxygens (including phenoxy) is 1. The van der Waals surface area contributed by atoms with Crippen molar-refractivity contribution >= 4 is 17.4 Å². The summed E-state index contributed by atoms with van der Waals surface area (Å²) in [6.07, 6.45) is -4.41. The normalized spacial score (nSPS) is 11.7. The van der Waals surface area contributed by atoms with Crippen LogP contribution in [0, 0.1) is 0 Å². The maximum absolute atomic E-state index is 12.4. The van der Waals surface area contributed by atoms with Gasteiger partial charge in [-0.25, -0.2) is 9.97 Å². The summed E-state index contributed by atoms with van der Waals surface area (Å²) < 4.78 is 42.1. The third-order valence-corrected chi connectivity index (χ3v) is 2.26. The molecule has 1 N–H and O–H groups in total. The molecule has 0 atom stereocenters. The number of methoxy groups -OCH3 is 1. The highest BCUT2D eigenvalue weighted by Gasteiger charge is 2.31. The summed E-state index contributed by atoms with van der Waals surface area (Å²) in [4.78, 5) is 8.62. The van der Waals surface area contributed by atoms with E-state index in [0.29, 0.717) is 0 Å². The fraction of sp³-hybridized carbons (Fsp3) is 0.600. The zero-order valence-corrected chi connectivity index (χ0v) is 10.9. The molecule has 0 aliphatic rings. The van der Waals surface area contributed by atoms with Crippen molar-refractivity contribution in [3.05, 3.63) is 17.0 Å². The second-order valence-electron chi connectivity index (χ2n) is 3.66. The Hall–Kier alpha value is -1.12. The number of hydrogen-bond donors (Lipinski definition) is 1. The van der Waals surface area contributed by atoms with Gasteiger partial charge in [-0.1, -0.05) is 11.6 Å². The molecule has 9 heteroatoms. The molecular formula is C10H13ClF3N3O2. The Labute approximate surface area is 113 Å². The minimum Gasteiger partial charge on any atom is -0.395 e. The largest absolute Gasteiger partial charge is 0.405 e. The Kier molecular flexibility index (Phi) is 5.77. The molecule has 0 bridgehead atoms. The summed E-state index contributed by atoms with van der Waals surface area (Å²) in [5, 5.41) is 8.84. The maximum Gasteiger partial charge on any atom is 0.405 e. The van der Waals surface area contributed by atoms with Crippen LogP contribution in [0.2, 0.25) is 5.15 Å². The smallest absolute Gasteiger partial charge is 0.395 e. The first kappa shape index (κ1) is 15.9. The lowest BCUT2D eigenvalue weighted by Gasteiger charge is -2.24. The number of aliphatic hydroxyl groups excluding tert-OH is 1. The molecular weight excluding hydrogens is 287 g/mol. The van der Waals surface area contributed by atoms with E-state index in [1.807, 2.05) is 0 Å². The SMILES string of the molecule is COCc1nc(Cl)cc(N(CCO)CC(F)(F)F)n1. The van der Waals surface area contributed by atoms with Crippen LogP contribution < -0.4 is 4.90 Å². The maximum atomic E-state index is 12.4. The summed E-state index contributed by atoms with van der Waals surface area (Å²) in [5.74, 6) is 0.175. The minimum atomic E-state index is -4.41. The predicted molar refractivity (Wildman–Crippen MR) is 63.1 cm³/mol. The standard InChI is InChI=1S/C10H13ClF3N3O2/c1-19-5-8-15-7(11)4-9(16-8)17(2-3-18)6-10(12,13)14/h4,18H,2-3,5-6H2,1H3. The summed E-state index contributed by atoms with van der Waals surface area (Å²) >= 11 is 5.72. The van der Waals surface area contributed by atoms with E-state index in [1.165, 1.54) is 13.2 Å². The summed E-state index contributed by atoms with van der Waals surface area (Å²) in [5.41, 5.74) is 0. The fourth-order valence-electron chi connectivity index (χ4n) is 1.42. The highest BCUT2D eigenvalue weighted by molar-refractivity contribution is 6.29. The van der Waals surface area contributed by atoms with Gasteiger partial charge in [0.05, 0.1) is 6.61 Å². The van der Waals surface area contributed by atoms with E-state index in [2.05, 4.69) is 9.97 Å². The fourth-order valence-corrected chi connectivity index (χ4v) is 1.61. The van der Waals surface area contributed by atoms with Crippen LogP contribution in [-0.2, 0) is 11.3 Å². The molecule has 0 spiro atoms. The molecule has 0 saturated heterocycles. The van der Waals surface area contributed by atoms with Gasteiger partial charge in [0.15, 0.2) is 5.82 Å². The second-order valence-corrected chi connectivity index (χ2v) is 4.05. The van der Waals surface area contributed by atoms with E-state index in [9.17, 15) is 13.2 Å². The highest BCUT2D eigenvalue weighted by atomic mass is 35.5. The van der Waals surface area contributed by atoms with Gasteiger partial charge in [0.1, 0.15) is 24.1 Å². The van der Waals surface area contributed by atoms with Crippen molar-refractivity contribution in [3.63, 3.8) is 0 Å². The van der Waals surface area contributed by atoms with Gasteiger partial charge in [-0.05, 0) is 0 Å². The molecule has 0 aromatic carbocycles. The van der Waals surface area contributed by atoms with Gasteiger partial charge in [-0.3, -0.25) is 0 Å². The van der Waals surface area contributed by atoms with Gasteiger partial charge < -0.3 is 14.7 Å². The summed E-state index contributed by atoms with van der Waals surface area (Å²) in [7, 11) is 1.41. The molecule has 0 unspecified atom stereocenters. The monoisotopic (exact) mass is 299 g/mol. The van der Waals surface area contributed by atoms with Gasteiger partial charge in [0.25, 0.3) is 0 Å². The molecule has 1 heterocycles. The van der Waals surface area contributed by atoms with Crippen LogP contribution in [0.25, 0.3) is 0 Å². The summed E-state index contributed by atoms with van der Waals surface area (Å²) in [6, 6.07) is 1.21. The van der Waals surface area contributed by atoms with Crippen LogP contribution in [0.3, 0.4) is 0 Å². The van der Waals surface area contributed by atoms with Gasteiger partial charge in [-0.15, -0.1) is 0 Å². The van der Waals surface area contributed by atoms with Crippen LogP contribution in [-0.4, -0.2) is 48.1 Å². The lowest BCUT2D eigenvalue weighted by molar-refractivity contribution is -0.120. The van der Waals surface area contributed by atoms with Gasteiger partial charge in [0, 0.05) is 19.7 Å². The van der Waals surface area contributed by atoms with Gasteiger partial charge >= 0.3 is 6.18 Å². The quantitative estimate of drug-likeness (QED) is 0.809. The molecule has 0 saturated carbocycles. The number of nitrogens with zero attached hydrogens (tertiary/aromatic N) is 3. The zero-order chi connectivity index (χ0) is 14.5. The number of rotatable bonds is 6. The van der Waals surface area contributed by atoms with Crippen LogP contribution >= 0.6 is 11.6 Å². The number of halogens is 4. The van der Waals surface area contributed by atoms with Gasteiger partial charge in [0.2, 0.25) is 0 Å².